The molecule has 0 spiro atoms. The van der Waals surface area contributed by atoms with Crippen molar-refractivity contribution in [1.82, 2.24) is 0 Å². The second-order valence-corrected chi connectivity index (χ2v) is 13.5. The summed E-state index contributed by atoms with van der Waals surface area (Å²) >= 11 is 0. The molecule has 0 amide bonds. The van der Waals surface area contributed by atoms with Crippen LogP contribution in [0.15, 0.2) is 22.8 Å². The van der Waals surface area contributed by atoms with Crippen LogP contribution in [0.5, 0.6) is 0 Å². The van der Waals surface area contributed by atoms with Gasteiger partial charge in [-0.15, -0.1) is 0 Å². The van der Waals surface area contributed by atoms with E-state index < -0.39 is 0 Å². The number of aliphatic hydroxyl groups is 2. The minimum absolute atomic E-state index is 0.0122. The summed E-state index contributed by atoms with van der Waals surface area (Å²) in [5, 5.41) is 21.2. The number of allylic oxidation sites excluding steroid dienone is 4. The lowest BCUT2D eigenvalue weighted by molar-refractivity contribution is -0.0966. The Hall–Kier alpha value is -0.600. The normalized spacial score (nSPS) is 43.8. The SMILES string of the molecule is CC(C)=CCCC(CO)C1CC[C@@]2(C)C3=C(CC[C@]12C)[C@@]1(C)CC[C@H](O)C(C)(C)C1CC3. The van der Waals surface area contributed by atoms with Crippen molar-refractivity contribution < 1.29 is 10.2 Å². The molecule has 32 heavy (non-hydrogen) atoms. The number of fused-ring (bicyclic) bond motifs is 4. The van der Waals surface area contributed by atoms with E-state index in [9.17, 15) is 10.2 Å². The van der Waals surface area contributed by atoms with Crippen molar-refractivity contribution in [2.24, 2.45) is 39.4 Å². The summed E-state index contributed by atoms with van der Waals surface area (Å²) in [7, 11) is 0. The second kappa shape index (κ2) is 8.26. The van der Waals surface area contributed by atoms with E-state index in [-0.39, 0.29) is 22.3 Å². The van der Waals surface area contributed by atoms with Crippen LogP contribution in [0.3, 0.4) is 0 Å². The first-order valence-electron chi connectivity index (χ1n) is 13.6. The molecule has 2 saturated carbocycles. The van der Waals surface area contributed by atoms with Crippen molar-refractivity contribution in [3.05, 3.63) is 22.8 Å². The highest BCUT2D eigenvalue weighted by molar-refractivity contribution is 5.38. The average Bonchev–Trinajstić information content (AvgIpc) is 3.00. The largest absolute Gasteiger partial charge is 0.396 e. The van der Waals surface area contributed by atoms with Crippen LogP contribution < -0.4 is 0 Å². The van der Waals surface area contributed by atoms with E-state index in [4.69, 9.17) is 0 Å². The predicted molar refractivity (Wildman–Crippen MR) is 134 cm³/mol. The number of rotatable bonds is 5. The Bertz CT molecular complexity index is 787. The van der Waals surface area contributed by atoms with Crippen molar-refractivity contribution in [1.29, 1.82) is 0 Å². The molecule has 182 valence electrons. The third-order valence-electron chi connectivity index (χ3n) is 11.7. The minimum atomic E-state index is -0.158. The average molecular weight is 443 g/mol. The van der Waals surface area contributed by atoms with Gasteiger partial charge in [0.25, 0.3) is 0 Å². The zero-order valence-electron chi connectivity index (χ0n) is 22.1. The zero-order valence-corrected chi connectivity index (χ0v) is 22.1. The fourth-order valence-electron chi connectivity index (χ4n) is 9.48. The Morgan fingerprint density at radius 1 is 0.969 bits per heavy atom. The van der Waals surface area contributed by atoms with Gasteiger partial charge in [-0.25, -0.2) is 0 Å². The molecular formula is C30H50O2. The molecule has 0 saturated heterocycles. The molecule has 0 bridgehead atoms. The standard InChI is InChI=1S/C30H50O2/c1-20(2)9-8-10-21(19-31)22-13-17-30(7)24-11-12-25-27(3,4)26(32)15-16-28(25,5)23(24)14-18-29(22,30)6/h9,21-22,25-26,31-32H,8,10-19H2,1-7H3/t21?,22?,25?,26-,28+,29+,30-/m0/s1. The van der Waals surface area contributed by atoms with Gasteiger partial charge >= 0.3 is 0 Å². The molecule has 0 aliphatic heterocycles. The van der Waals surface area contributed by atoms with Gasteiger partial charge in [-0.05, 0) is 117 Å². The first-order chi connectivity index (χ1) is 14.9. The fraction of sp³-hybridized carbons (Fsp3) is 0.867. The van der Waals surface area contributed by atoms with Crippen molar-refractivity contribution in [2.75, 3.05) is 6.61 Å². The summed E-state index contributed by atoms with van der Waals surface area (Å²) in [5.74, 6) is 1.65. The quantitative estimate of drug-likeness (QED) is 0.434. The molecule has 4 rings (SSSR count). The summed E-state index contributed by atoms with van der Waals surface area (Å²) in [6.07, 6.45) is 14.1. The molecule has 4 aliphatic carbocycles. The van der Waals surface area contributed by atoms with Gasteiger partial charge in [-0.2, -0.15) is 0 Å². The van der Waals surface area contributed by atoms with Crippen LogP contribution in [0.1, 0.15) is 113 Å². The highest BCUT2D eigenvalue weighted by Crippen LogP contribution is 2.72. The van der Waals surface area contributed by atoms with Crippen molar-refractivity contribution >= 4 is 0 Å². The van der Waals surface area contributed by atoms with E-state index in [1.807, 2.05) is 0 Å². The zero-order chi connectivity index (χ0) is 23.5. The van der Waals surface area contributed by atoms with E-state index in [1.54, 1.807) is 11.1 Å². The maximum Gasteiger partial charge on any atom is 0.0594 e. The first kappa shape index (κ1) is 24.5. The van der Waals surface area contributed by atoms with E-state index in [1.165, 1.54) is 44.1 Å². The topological polar surface area (TPSA) is 40.5 Å². The monoisotopic (exact) mass is 442 g/mol. The summed E-state index contributed by atoms with van der Waals surface area (Å²) in [6.45, 7) is 17.1. The van der Waals surface area contributed by atoms with Gasteiger partial charge < -0.3 is 10.2 Å². The lowest BCUT2D eigenvalue weighted by Crippen LogP contribution is -2.55. The van der Waals surface area contributed by atoms with E-state index >= 15 is 0 Å². The second-order valence-electron chi connectivity index (χ2n) is 13.5. The lowest BCUT2D eigenvalue weighted by Gasteiger charge is -2.62. The van der Waals surface area contributed by atoms with Crippen LogP contribution in [-0.4, -0.2) is 22.9 Å². The van der Waals surface area contributed by atoms with Crippen LogP contribution in [0.2, 0.25) is 0 Å². The molecule has 2 N–H and O–H groups in total. The molecule has 2 nitrogen and oxygen atoms in total. The molecule has 3 unspecified atom stereocenters. The third kappa shape index (κ3) is 3.41. The fourth-order valence-corrected chi connectivity index (χ4v) is 9.48. The smallest absolute Gasteiger partial charge is 0.0594 e. The third-order valence-corrected chi connectivity index (χ3v) is 11.7. The maximum absolute atomic E-state index is 10.8. The highest BCUT2D eigenvalue weighted by atomic mass is 16.3. The van der Waals surface area contributed by atoms with E-state index in [0.29, 0.717) is 29.8 Å². The van der Waals surface area contributed by atoms with Crippen LogP contribution in [0, 0.1) is 39.4 Å². The Labute approximate surface area is 198 Å². The minimum Gasteiger partial charge on any atom is -0.396 e. The predicted octanol–water partition coefficient (Wildman–Crippen LogP) is 7.45. The molecule has 0 aromatic carbocycles. The summed E-state index contributed by atoms with van der Waals surface area (Å²) in [5.41, 5.74) is 5.85. The number of hydrogen-bond acceptors (Lipinski definition) is 2. The molecule has 4 aliphatic rings. The molecule has 2 fully saturated rings. The van der Waals surface area contributed by atoms with Gasteiger partial charge in [0.2, 0.25) is 0 Å². The maximum atomic E-state index is 10.8. The van der Waals surface area contributed by atoms with E-state index in [0.717, 1.165) is 25.7 Å². The van der Waals surface area contributed by atoms with Crippen LogP contribution in [-0.2, 0) is 0 Å². The van der Waals surface area contributed by atoms with Crippen molar-refractivity contribution in [2.45, 2.75) is 119 Å². The molecule has 0 aromatic heterocycles. The summed E-state index contributed by atoms with van der Waals surface area (Å²) < 4.78 is 0. The van der Waals surface area contributed by atoms with Gasteiger partial charge in [0, 0.05) is 6.61 Å². The van der Waals surface area contributed by atoms with E-state index in [2.05, 4.69) is 54.5 Å². The molecular weight excluding hydrogens is 392 g/mol. The molecule has 2 heteroatoms. The number of aliphatic hydroxyl groups excluding tert-OH is 2. The highest BCUT2D eigenvalue weighted by Gasteiger charge is 2.63. The van der Waals surface area contributed by atoms with Gasteiger partial charge in [-0.1, -0.05) is 57.4 Å². The summed E-state index contributed by atoms with van der Waals surface area (Å²) in [4.78, 5) is 0. The summed E-state index contributed by atoms with van der Waals surface area (Å²) in [6, 6.07) is 0. The molecule has 0 aromatic rings. The van der Waals surface area contributed by atoms with Gasteiger partial charge in [0.05, 0.1) is 6.10 Å². The van der Waals surface area contributed by atoms with Crippen molar-refractivity contribution in [3.63, 3.8) is 0 Å². The van der Waals surface area contributed by atoms with Crippen LogP contribution in [0.4, 0.5) is 0 Å². The Kier molecular flexibility index (Phi) is 6.33. The molecule has 0 radical (unpaired) electrons. The first-order valence-corrected chi connectivity index (χ1v) is 13.6. The van der Waals surface area contributed by atoms with Crippen LogP contribution >= 0.6 is 0 Å². The van der Waals surface area contributed by atoms with Crippen LogP contribution in [0.25, 0.3) is 0 Å². The van der Waals surface area contributed by atoms with Crippen molar-refractivity contribution in [3.8, 4) is 0 Å². The molecule has 7 atom stereocenters. The molecule has 0 heterocycles. The van der Waals surface area contributed by atoms with Gasteiger partial charge in [0.15, 0.2) is 0 Å². The Morgan fingerprint density at radius 3 is 2.34 bits per heavy atom. The Balaban J connectivity index is 1.66. The number of hydrogen-bond donors (Lipinski definition) is 2. The Morgan fingerprint density at radius 2 is 1.69 bits per heavy atom. The lowest BCUT2D eigenvalue weighted by atomic mass is 9.43. The van der Waals surface area contributed by atoms with Gasteiger partial charge in [-0.3, -0.25) is 0 Å². The van der Waals surface area contributed by atoms with Gasteiger partial charge in [0.1, 0.15) is 0 Å².